The van der Waals surface area contributed by atoms with Crippen molar-refractivity contribution in [3.8, 4) is 40.2 Å². The second-order valence-corrected chi connectivity index (χ2v) is 36.9. The highest BCUT2D eigenvalue weighted by Gasteiger charge is 2.31. The molecule has 1 aliphatic rings. The van der Waals surface area contributed by atoms with Crippen LogP contribution >= 0.6 is 0 Å². The molecule has 150 heavy (non-hydrogen) atoms. The number of carbonyl (C=O) groups excluding carboxylic acids is 6. The van der Waals surface area contributed by atoms with Crippen molar-refractivity contribution in [2.75, 3.05) is 79.3 Å². The predicted octanol–water partition coefficient (Wildman–Crippen LogP) is 24.3. The van der Waals surface area contributed by atoms with Crippen molar-refractivity contribution in [3.05, 3.63) is 343 Å². The number of rotatable bonds is 29. The van der Waals surface area contributed by atoms with Gasteiger partial charge in [0.15, 0.2) is 0 Å². The summed E-state index contributed by atoms with van der Waals surface area (Å²) < 4.78 is 41.7. The minimum Gasteiger partial charge on any atom is -0.493 e. The number of anilines is 6. The zero-order valence-corrected chi connectivity index (χ0v) is 91.8. The van der Waals surface area contributed by atoms with Crippen LogP contribution in [0.25, 0.3) is 0 Å². The van der Waals surface area contributed by atoms with E-state index in [1.165, 1.54) is 86.8 Å². The maximum Gasteiger partial charge on any atom is 0.345 e. The van der Waals surface area contributed by atoms with E-state index in [0.717, 1.165) is 154 Å². The molecule has 0 radical (unpaired) electrons. The molecule has 1 aliphatic carbocycles. The highest BCUT2D eigenvalue weighted by atomic mass is 16.5. The summed E-state index contributed by atoms with van der Waals surface area (Å²) in [6.45, 7) is 46.0. The third-order valence-electron chi connectivity index (χ3n) is 26.2. The highest BCUT2D eigenvalue weighted by Crippen LogP contribution is 2.45. The van der Waals surface area contributed by atoms with E-state index in [1.807, 2.05) is 184 Å². The number of ether oxygens (including phenoxy) is 7. The number of hydroxylamine groups is 6. The largest absolute Gasteiger partial charge is 0.493 e. The third kappa shape index (κ3) is 31.8. The average Bonchev–Trinajstić information content (AvgIpc) is 1.64. The summed E-state index contributed by atoms with van der Waals surface area (Å²) in [4.78, 5) is 70.7. The lowest BCUT2D eigenvalue weighted by Crippen LogP contribution is -2.36. The molecule has 1 fully saturated rings. The Morgan fingerprint density at radius 2 is 0.460 bits per heavy atom. The Kier molecular flexibility index (Phi) is 45.2. The number of aryl methyl sites for hydroxylation is 21. The van der Waals surface area contributed by atoms with Gasteiger partial charge in [-0.05, 0) is 377 Å². The molecule has 0 atom stereocenters. The fraction of sp³-hybridized carbons (Fsp3) is 0.339. The molecular formula is C118H150N12O20. The van der Waals surface area contributed by atoms with Crippen molar-refractivity contribution in [1.29, 1.82) is 0 Å². The Labute approximate surface area is 882 Å². The van der Waals surface area contributed by atoms with E-state index in [-0.39, 0.29) is 45.3 Å². The Balaban J connectivity index is 0.000000219. The molecule has 0 spiro atoms. The molecule has 12 aromatic rings. The number of hydrogen-bond acceptors (Lipinski definition) is 20. The first-order valence-electron chi connectivity index (χ1n) is 49.6. The number of hydrogen-bond donors (Lipinski definition) is 13. The predicted molar refractivity (Wildman–Crippen MR) is 589 cm³/mol. The van der Waals surface area contributed by atoms with Gasteiger partial charge in [0, 0.05) is 70.1 Å². The summed E-state index contributed by atoms with van der Waals surface area (Å²) in [6, 6.07) is 53.0. The molecule has 12 amide bonds. The van der Waals surface area contributed by atoms with Crippen LogP contribution < -0.4 is 95.4 Å². The second kappa shape index (κ2) is 56.7. The van der Waals surface area contributed by atoms with Crippen LogP contribution in [0.2, 0.25) is 0 Å². The maximum atomic E-state index is 11.9. The second-order valence-electron chi connectivity index (χ2n) is 36.9. The fourth-order valence-electron chi connectivity index (χ4n) is 16.2. The first-order valence-corrected chi connectivity index (χ1v) is 49.6. The number of nitrogens with one attached hydrogen (secondary N) is 6. The zero-order valence-electron chi connectivity index (χ0n) is 91.8. The van der Waals surface area contributed by atoms with Gasteiger partial charge in [0.25, 0.3) is 0 Å². The normalized spacial score (nSPS) is 11.0. The first-order chi connectivity index (χ1) is 71.3. The van der Waals surface area contributed by atoms with Gasteiger partial charge < -0.3 is 70.2 Å². The Morgan fingerprint density at radius 1 is 0.247 bits per heavy atom. The molecule has 32 heteroatoms. The minimum absolute atomic E-state index is 0.115. The van der Waals surface area contributed by atoms with E-state index in [4.69, 9.17) is 33.2 Å². The van der Waals surface area contributed by atoms with Crippen LogP contribution in [-0.4, -0.2) is 121 Å². The standard InChI is InChI=1S/C21H26N2O3.C20H26N2O4.C20H26N2O3.C19H24N2O4.2C19H24N2O3/c1-13-10-15(3)20(11-14(13)2)26-12-18-17(16-8-9-16)6-5-7-19(18)23(25)21(24)22-4;1-6-25-18-9-7-8-17(22(24)20(23)21-5)16(18)12-26-19-11-14(3)13(2)10-15(19)4;1-6-16-8-7-9-18(22(24)20(23)21-5)17(16)12-25-19-11-14(3)13(2)10-15(19)4;1-12-8-14(3)18(9-13(12)2)25-11-16-15(10-22)6-5-7-17(16)21(24)19(23)20-4;2*1-12-7-6-8-17(21(23)19(22)20-5)16(12)11-24-18-10-14(3)13(2)9-15(18)4/h5-7,10-11,16,25H,8-9,12H2,1-4H3,(H,22,24);7-11,24H,6,12H2,1-5H3,(H,21,23);7-11,24H,6,12H2,1-5H3,(H,21,23);5-9,22,24H,10-11H2,1-4H3,(H,20,23);2*6-10,23H,11H2,1-5H3,(H,20,22). The number of aliphatic hydroxyl groups is 1. The molecule has 0 bridgehead atoms. The average molecular weight is 2060 g/mol. The van der Waals surface area contributed by atoms with Crippen LogP contribution in [0.4, 0.5) is 62.9 Å². The summed E-state index contributed by atoms with van der Waals surface area (Å²) in [5.41, 5.74) is 31.8. The van der Waals surface area contributed by atoms with E-state index in [1.54, 1.807) is 72.8 Å². The summed E-state index contributed by atoms with van der Waals surface area (Å²) in [5.74, 6) is 5.77. The van der Waals surface area contributed by atoms with E-state index in [0.29, 0.717) is 100 Å². The number of carbonyl (C=O) groups is 6. The Hall–Kier alpha value is -15.4. The van der Waals surface area contributed by atoms with E-state index >= 15 is 0 Å². The number of benzene rings is 12. The monoisotopic (exact) mass is 2060 g/mol. The minimum atomic E-state index is -0.668. The van der Waals surface area contributed by atoms with Crippen LogP contribution in [-0.2, 0) is 52.7 Å². The van der Waals surface area contributed by atoms with Gasteiger partial charge in [-0.15, -0.1) is 0 Å². The molecule has 802 valence electrons. The number of urea groups is 6. The summed E-state index contributed by atoms with van der Waals surface area (Å²) >= 11 is 0. The zero-order chi connectivity index (χ0) is 111. The number of nitrogens with zero attached hydrogens (tertiary/aromatic N) is 6. The van der Waals surface area contributed by atoms with Gasteiger partial charge in [-0.2, -0.15) is 30.4 Å². The van der Waals surface area contributed by atoms with E-state index in [2.05, 4.69) is 110 Å². The molecule has 13 rings (SSSR count). The summed E-state index contributed by atoms with van der Waals surface area (Å²) in [5, 5.41) is 88.6. The van der Waals surface area contributed by atoms with Crippen molar-refractivity contribution in [2.45, 2.75) is 224 Å². The summed E-state index contributed by atoms with van der Waals surface area (Å²) in [7, 11) is 8.78. The molecule has 13 N–H and O–H groups in total. The van der Waals surface area contributed by atoms with Crippen LogP contribution in [0.5, 0.6) is 40.2 Å². The van der Waals surface area contributed by atoms with Crippen molar-refractivity contribution in [2.24, 2.45) is 0 Å². The van der Waals surface area contributed by atoms with Gasteiger partial charge in [-0.1, -0.05) is 110 Å². The Morgan fingerprint density at radius 3 is 0.720 bits per heavy atom. The molecule has 32 nitrogen and oxygen atoms in total. The quantitative estimate of drug-likeness (QED) is 0.0153. The van der Waals surface area contributed by atoms with Crippen LogP contribution in [0.1, 0.15) is 194 Å². The van der Waals surface area contributed by atoms with Crippen molar-refractivity contribution >= 4 is 70.3 Å². The molecule has 12 aromatic carbocycles. The van der Waals surface area contributed by atoms with Gasteiger partial charge in [0.1, 0.15) is 79.9 Å². The first kappa shape index (κ1) is 120. The lowest BCUT2D eigenvalue weighted by Gasteiger charge is -2.21. The van der Waals surface area contributed by atoms with Crippen molar-refractivity contribution in [1.82, 2.24) is 31.9 Å². The van der Waals surface area contributed by atoms with Crippen LogP contribution in [0.3, 0.4) is 0 Å². The molecule has 0 saturated heterocycles. The smallest absolute Gasteiger partial charge is 0.345 e. The SMILES string of the molecule is CCOc1cccc(N(O)C(=O)NC)c1COc1cc(C)c(C)cc1C.CCc1cccc(N(O)C(=O)NC)c1COc1cc(C)c(C)cc1C.CNC(=O)N(O)c1cccc(C)c1COc1cc(C)c(C)cc1C.CNC(=O)N(O)c1cccc(C)c1COc1cc(C)c(C)cc1C.CNC(=O)N(O)c1cccc(C2CC2)c1COc1cc(C)c(C)cc1C.CNC(=O)N(O)c1cccc(CO)c1COc1cc(C)c(C)cc1C. The lowest BCUT2D eigenvalue weighted by molar-refractivity contribution is 0.204. The maximum absolute atomic E-state index is 11.9. The van der Waals surface area contributed by atoms with E-state index in [9.17, 15) is 65.1 Å². The molecule has 1 saturated carbocycles. The van der Waals surface area contributed by atoms with Crippen molar-refractivity contribution < 1.29 is 98.3 Å². The Bertz CT molecular complexity index is 6460. The fourth-order valence-corrected chi connectivity index (χ4v) is 16.2. The number of amides is 12. The van der Waals surface area contributed by atoms with E-state index < -0.39 is 36.2 Å². The van der Waals surface area contributed by atoms with Gasteiger partial charge in [-0.25, -0.2) is 28.8 Å². The summed E-state index contributed by atoms with van der Waals surface area (Å²) in [6.07, 6.45) is 3.04. The van der Waals surface area contributed by atoms with Crippen molar-refractivity contribution in [3.63, 3.8) is 0 Å². The van der Waals surface area contributed by atoms with Gasteiger partial charge in [-0.3, -0.25) is 31.2 Å². The molecule has 0 aromatic heterocycles. The van der Waals surface area contributed by atoms with Gasteiger partial charge in [0.2, 0.25) is 0 Å². The topological polar surface area (TPSA) is 400 Å². The molecule has 0 aliphatic heterocycles. The van der Waals surface area contributed by atoms with Gasteiger partial charge >= 0.3 is 36.2 Å². The lowest BCUT2D eigenvalue weighted by atomic mass is 10.0. The number of aliphatic hydroxyl groups excluding tert-OH is 1. The van der Waals surface area contributed by atoms with Crippen LogP contribution in [0.15, 0.2) is 182 Å². The highest BCUT2D eigenvalue weighted by molar-refractivity contribution is 5.94. The van der Waals surface area contributed by atoms with Crippen LogP contribution in [0, 0.1) is 138 Å². The molecular weight excluding hydrogens is 1910 g/mol. The third-order valence-corrected chi connectivity index (χ3v) is 26.2. The molecule has 0 unspecified atom stereocenters. The van der Waals surface area contributed by atoms with Gasteiger partial charge in [0.05, 0.1) is 52.9 Å². The molecule has 0 heterocycles.